The number of methoxy groups -OCH3 is 1. The first-order valence-electron chi connectivity index (χ1n) is 4.29. The van der Waals surface area contributed by atoms with Gasteiger partial charge in [-0.15, -0.1) is 0 Å². The third kappa shape index (κ3) is 2.59. The zero-order valence-corrected chi connectivity index (χ0v) is 7.93. The van der Waals surface area contributed by atoms with Gasteiger partial charge < -0.3 is 19.5 Å². The van der Waals surface area contributed by atoms with Gasteiger partial charge in [-0.3, -0.25) is 4.79 Å². The molecule has 0 radical (unpaired) electrons. The molecule has 0 aromatic heterocycles. The molecule has 0 aromatic carbocycles. The van der Waals surface area contributed by atoms with Gasteiger partial charge in [0.25, 0.3) is 0 Å². The molecule has 6 heteroatoms. The lowest BCUT2D eigenvalue weighted by Gasteiger charge is -2.32. The van der Waals surface area contributed by atoms with Crippen LogP contribution in [0.5, 0.6) is 0 Å². The van der Waals surface area contributed by atoms with Crippen molar-refractivity contribution >= 4 is 12.1 Å². The van der Waals surface area contributed by atoms with Crippen molar-refractivity contribution in [2.75, 3.05) is 26.9 Å². The first kappa shape index (κ1) is 10.8. The zero-order chi connectivity index (χ0) is 10.6. The van der Waals surface area contributed by atoms with Crippen molar-refractivity contribution in [3.8, 4) is 0 Å². The molecule has 0 unspecified atom stereocenters. The van der Waals surface area contributed by atoms with E-state index in [9.17, 15) is 9.59 Å². The highest BCUT2D eigenvalue weighted by Gasteiger charge is 2.29. The number of carbonyl (C=O) groups excluding carboxylic acids is 1. The van der Waals surface area contributed by atoms with E-state index in [4.69, 9.17) is 9.84 Å². The summed E-state index contributed by atoms with van der Waals surface area (Å²) in [6.45, 7) is 0.933. The van der Waals surface area contributed by atoms with Crippen LogP contribution < -0.4 is 0 Å². The lowest BCUT2D eigenvalue weighted by molar-refractivity contribution is -0.143. The molecule has 0 aromatic rings. The van der Waals surface area contributed by atoms with Crippen LogP contribution in [0, 0.1) is 0 Å². The predicted octanol–water partition coefficient (Wildman–Crippen LogP) is -0.0717. The molecule has 1 rings (SSSR count). The van der Waals surface area contributed by atoms with E-state index in [0.29, 0.717) is 13.2 Å². The molecule has 1 fully saturated rings. The van der Waals surface area contributed by atoms with Crippen molar-refractivity contribution in [3.63, 3.8) is 0 Å². The van der Waals surface area contributed by atoms with Crippen molar-refractivity contribution < 1.29 is 24.2 Å². The third-order valence-corrected chi connectivity index (χ3v) is 2.10. The maximum absolute atomic E-state index is 11.0. The highest BCUT2D eigenvalue weighted by atomic mass is 16.5. The van der Waals surface area contributed by atoms with E-state index in [1.807, 2.05) is 0 Å². The number of hydrogen-bond donors (Lipinski definition) is 1. The Kier molecular flexibility index (Phi) is 3.70. The molecule has 1 atom stereocenters. The topological polar surface area (TPSA) is 76.1 Å². The Morgan fingerprint density at radius 3 is 2.93 bits per heavy atom. The number of ether oxygens (including phenoxy) is 2. The molecule has 1 aliphatic rings. The average molecular weight is 203 g/mol. The highest BCUT2D eigenvalue weighted by Crippen LogP contribution is 2.11. The third-order valence-electron chi connectivity index (χ3n) is 2.10. The Morgan fingerprint density at radius 2 is 2.36 bits per heavy atom. The van der Waals surface area contributed by atoms with Crippen molar-refractivity contribution in [2.24, 2.45) is 0 Å². The molecule has 0 saturated carbocycles. The lowest BCUT2D eigenvalue weighted by Crippen LogP contribution is -2.49. The fourth-order valence-corrected chi connectivity index (χ4v) is 1.35. The summed E-state index contributed by atoms with van der Waals surface area (Å²) in [5.41, 5.74) is 0. The molecule has 80 valence electrons. The summed E-state index contributed by atoms with van der Waals surface area (Å²) < 4.78 is 9.56. The number of morpholine rings is 1. The summed E-state index contributed by atoms with van der Waals surface area (Å²) in [6.07, 6.45) is -0.981. The van der Waals surface area contributed by atoms with Crippen LogP contribution in [0.15, 0.2) is 0 Å². The van der Waals surface area contributed by atoms with Crippen LogP contribution in [0.2, 0.25) is 0 Å². The van der Waals surface area contributed by atoms with Gasteiger partial charge in [0, 0.05) is 6.54 Å². The second kappa shape index (κ2) is 4.80. The minimum absolute atomic E-state index is 0.0444. The van der Waals surface area contributed by atoms with E-state index in [-0.39, 0.29) is 13.0 Å². The van der Waals surface area contributed by atoms with Crippen LogP contribution in [-0.2, 0) is 14.3 Å². The maximum atomic E-state index is 11.0. The van der Waals surface area contributed by atoms with Gasteiger partial charge in [0.15, 0.2) is 0 Å². The summed E-state index contributed by atoms with van der Waals surface area (Å²) in [6, 6.07) is -0.423. The number of carboxylic acid groups (broad SMARTS) is 1. The van der Waals surface area contributed by atoms with Crippen LogP contribution in [-0.4, -0.2) is 55.0 Å². The first-order chi connectivity index (χ1) is 6.65. The van der Waals surface area contributed by atoms with Crippen molar-refractivity contribution in [1.82, 2.24) is 4.90 Å². The van der Waals surface area contributed by atoms with E-state index in [1.165, 1.54) is 12.0 Å². The van der Waals surface area contributed by atoms with Crippen LogP contribution in [0.25, 0.3) is 0 Å². The second-order valence-electron chi connectivity index (χ2n) is 2.98. The second-order valence-corrected chi connectivity index (χ2v) is 2.98. The number of hydrogen-bond acceptors (Lipinski definition) is 4. The van der Waals surface area contributed by atoms with Gasteiger partial charge in [-0.1, -0.05) is 0 Å². The quantitative estimate of drug-likeness (QED) is 0.635. The number of nitrogens with zero attached hydrogens (tertiary/aromatic N) is 1. The molecule has 1 heterocycles. The van der Waals surface area contributed by atoms with Crippen LogP contribution >= 0.6 is 0 Å². The molecule has 1 N–H and O–H groups in total. The van der Waals surface area contributed by atoms with Crippen LogP contribution in [0.1, 0.15) is 6.42 Å². The summed E-state index contributed by atoms with van der Waals surface area (Å²) in [7, 11) is 1.27. The van der Waals surface area contributed by atoms with Crippen LogP contribution in [0.3, 0.4) is 0 Å². The summed E-state index contributed by atoms with van der Waals surface area (Å²) in [5, 5.41) is 8.81. The zero-order valence-electron chi connectivity index (χ0n) is 7.93. The van der Waals surface area contributed by atoms with Crippen molar-refractivity contribution in [2.45, 2.75) is 12.5 Å². The molecule has 0 bridgehead atoms. The normalized spacial score (nSPS) is 21.8. The van der Waals surface area contributed by atoms with Gasteiger partial charge in [0.1, 0.15) is 0 Å². The van der Waals surface area contributed by atoms with Gasteiger partial charge in [-0.2, -0.15) is 0 Å². The summed E-state index contributed by atoms with van der Waals surface area (Å²) in [4.78, 5) is 22.9. The SMILES string of the molecule is COC(=O)C[C@H]1COCCN1C(=O)O. The average Bonchev–Trinajstić information content (AvgIpc) is 2.18. The Morgan fingerprint density at radius 1 is 1.64 bits per heavy atom. The van der Waals surface area contributed by atoms with E-state index in [0.717, 1.165) is 0 Å². The van der Waals surface area contributed by atoms with Crippen LogP contribution in [0.4, 0.5) is 4.79 Å². The van der Waals surface area contributed by atoms with Crippen molar-refractivity contribution in [3.05, 3.63) is 0 Å². The Balaban J connectivity index is 2.54. The van der Waals surface area contributed by atoms with E-state index in [1.54, 1.807) is 0 Å². The Hall–Kier alpha value is -1.30. The standard InChI is InChI=1S/C8H13NO5/c1-13-7(10)4-6-5-14-3-2-9(6)8(11)12/h6H,2-5H2,1H3,(H,11,12)/t6-/m0/s1. The number of amides is 1. The van der Waals surface area contributed by atoms with Crippen molar-refractivity contribution in [1.29, 1.82) is 0 Å². The molecule has 1 saturated heterocycles. The predicted molar refractivity (Wildman–Crippen MR) is 46.0 cm³/mol. The smallest absolute Gasteiger partial charge is 0.407 e. The molecule has 6 nitrogen and oxygen atoms in total. The number of rotatable bonds is 2. The molecular weight excluding hydrogens is 190 g/mol. The van der Waals surface area contributed by atoms with Gasteiger partial charge in [-0.25, -0.2) is 4.79 Å². The Labute approximate surface area is 81.4 Å². The van der Waals surface area contributed by atoms with E-state index >= 15 is 0 Å². The lowest BCUT2D eigenvalue weighted by atomic mass is 10.2. The highest BCUT2D eigenvalue weighted by molar-refractivity contribution is 5.72. The summed E-state index contributed by atoms with van der Waals surface area (Å²) >= 11 is 0. The Bertz CT molecular complexity index is 230. The minimum Gasteiger partial charge on any atom is -0.469 e. The molecular formula is C8H13NO5. The number of esters is 1. The molecule has 1 amide bonds. The largest absolute Gasteiger partial charge is 0.469 e. The van der Waals surface area contributed by atoms with Gasteiger partial charge >= 0.3 is 12.1 Å². The minimum atomic E-state index is -1.03. The van der Waals surface area contributed by atoms with E-state index < -0.39 is 18.1 Å². The molecule has 0 spiro atoms. The van der Waals surface area contributed by atoms with Gasteiger partial charge in [0.2, 0.25) is 0 Å². The maximum Gasteiger partial charge on any atom is 0.407 e. The first-order valence-corrected chi connectivity index (χ1v) is 4.29. The fourth-order valence-electron chi connectivity index (χ4n) is 1.35. The summed E-state index contributed by atoms with van der Waals surface area (Å²) in [5.74, 6) is -0.424. The fraction of sp³-hybridized carbons (Fsp3) is 0.750. The monoisotopic (exact) mass is 203 g/mol. The number of carbonyl (C=O) groups is 2. The molecule has 1 aliphatic heterocycles. The molecule has 14 heavy (non-hydrogen) atoms. The van der Waals surface area contributed by atoms with E-state index in [2.05, 4.69) is 4.74 Å². The van der Waals surface area contributed by atoms with Gasteiger partial charge in [-0.05, 0) is 0 Å². The van der Waals surface area contributed by atoms with Gasteiger partial charge in [0.05, 0.1) is 32.8 Å². The molecule has 0 aliphatic carbocycles.